The molecular weight excluding hydrogens is 340 g/mol. The number of sulfonamides is 1. The molecule has 0 amide bonds. The van der Waals surface area contributed by atoms with Gasteiger partial charge in [-0.05, 0) is 29.4 Å². The number of methoxy groups -OCH3 is 1. The first-order valence-electron chi connectivity index (χ1n) is 6.94. The quantitative estimate of drug-likeness (QED) is 0.820. The molecule has 0 radical (unpaired) electrons. The van der Waals surface area contributed by atoms with E-state index in [1.807, 2.05) is 0 Å². The number of rotatable bonds is 4. The van der Waals surface area contributed by atoms with Gasteiger partial charge in [0.15, 0.2) is 0 Å². The molecule has 2 aromatic rings. The van der Waals surface area contributed by atoms with E-state index in [-0.39, 0.29) is 30.3 Å². The van der Waals surface area contributed by atoms with Crippen molar-refractivity contribution in [3.63, 3.8) is 0 Å². The number of ether oxygens (including phenoxy) is 2. The number of hydrogen-bond acceptors (Lipinski definition) is 7. The Balaban J connectivity index is 1.88. The Labute approximate surface area is 137 Å². The Morgan fingerprint density at radius 2 is 2.04 bits per heavy atom. The molecule has 0 saturated carbocycles. The molecular formula is C14H14N2O7S. The van der Waals surface area contributed by atoms with Crippen molar-refractivity contribution in [1.82, 2.24) is 9.46 Å². The Hall–Kier alpha value is -2.59. The molecule has 0 spiro atoms. The lowest BCUT2D eigenvalue weighted by molar-refractivity contribution is 0.140. The van der Waals surface area contributed by atoms with Crippen molar-refractivity contribution in [1.29, 1.82) is 0 Å². The number of benzene rings is 1. The molecule has 2 heterocycles. The maximum atomic E-state index is 12.7. The zero-order valence-electron chi connectivity index (χ0n) is 12.6. The number of carbonyl (C=O) groups is 1. The van der Waals surface area contributed by atoms with Crippen molar-refractivity contribution in [2.45, 2.75) is 17.9 Å². The SMILES string of the molecule is COc1ccc(S(=O)(=O)N2CCc3onc(OC(=O)O)c3C2)cc1. The van der Waals surface area contributed by atoms with Crippen molar-refractivity contribution in [2.24, 2.45) is 0 Å². The first-order chi connectivity index (χ1) is 11.4. The van der Waals surface area contributed by atoms with E-state index in [1.54, 1.807) is 12.1 Å². The van der Waals surface area contributed by atoms with E-state index in [0.29, 0.717) is 17.1 Å². The van der Waals surface area contributed by atoms with Crippen LogP contribution in [0.2, 0.25) is 0 Å². The fraction of sp³-hybridized carbons (Fsp3) is 0.286. The van der Waals surface area contributed by atoms with Gasteiger partial charge in [0.05, 0.1) is 17.6 Å². The van der Waals surface area contributed by atoms with Crippen LogP contribution < -0.4 is 9.47 Å². The third-order valence-corrected chi connectivity index (χ3v) is 5.50. The van der Waals surface area contributed by atoms with E-state index >= 15 is 0 Å². The second kappa shape index (κ2) is 6.13. The van der Waals surface area contributed by atoms with Gasteiger partial charge in [-0.25, -0.2) is 13.2 Å². The van der Waals surface area contributed by atoms with Crippen LogP contribution in [-0.2, 0) is 23.0 Å². The second-order valence-electron chi connectivity index (χ2n) is 5.02. The molecule has 0 unspecified atom stereocenters. The summed E-state index contributed by atoms with van der Waals surface area (Å²) < 4.78 is 41.2. The first-order valence-corrected chi connectivity index (χ1v) is 8.38. The zero-order valence-corrected chi connectivity index (χ0v) is 13.4. The van der Waals surface area contributed by atoms with Crippen LogP contribution >= 0.6 is 0 Å². The summed E-state index contributed by atoms with van der Waals surface area (Å²) >= 11 is 0. The average Bonchev–Trinajstić information content (AvgIpc) is 2.96. The number of nitrogens with zero attached hydrogens (tertiary/aromatic N) is 2. The number of aromatic nitrogens is 1. The van der Waals surface area contributed by atoms with Crippen LogP contribution in [0, 0.1) is 0 Å². The molecule has 0 atom stereocenters. The average molecular weight is 354 g/mol. The Bertz CT molecular complexity index is 858. The normalized spacial score (nSPS) is 14.9. The molecule has 128 valence electrons. The lowest BCUT2D eigenvalue weighted by Gasteiger charge is -2.25. The summed E-state index contributed by atoms with van der Waals surface area (Å²) in [7, 11) is -2.26. The molecule has 0 aliphatic carbocycles. The highest BCUT2D eigenvalue weighted by Crippen LogP contribution is 2.31. The maximum absolute atomic E-state index is 12.7. The molecule has 1 N–H and O–H groups in total. The summed E-state index contributed by atoms with van der Waals surface area (Å²) in [6.07, 6.45) is -1.26. The number of hydrogen-bond donors (Lipinski definition) is 1. The molecule has 9 nitrogen and oxygen atoms in total. The summed E-state index contributed by atoms with van der Waals surface area (Å²) in [5.41, 5.74) is 0.320. The van der Waals surface area contributed by atoms with Gasteiger partial charge in [-0.1, -0.05) is 0 Å². The smallest absolute Gasteiger partial charge is 0.497 e. The Kier molecular flexibility index (Phi) is 4.16. The molecule has 1 aromatic carbocycles. The van der Waals surface area contributed by atoms with E-state index in [1.165, 1.54) is 23.5 Å². The van der Waals surface area contributed by atoms with Crippen LogP contribution in [0.25, 0.3) is 0 Å². The van der Waals surface area contributed by atoms with Crippen molar-refractivity contribution in [2.75, 3.05) is 13.7 Å². The summed E-state index contributed by atoms with van der Waals surface area (Å²) in [5.74, 6) is 0.741. The zero-order chi connectivity index (χ0) is 17.3. The number of carboxylic acid groups (broad SMARTS) is 1. The summed E-state index contributed by atoms with van der Waals surface area (Å²) in [5, 5.41) is 12.2. The van der Waals surface area contributed by atoms with Crippen LogP contribution in [0.4, 0.5) is 4.79 Å². The summed E-state index contributed by atoms with van der Waals surface area (Å²) in [4.78, 5) is 10.8. The standard InChI is InChI=1S/C14H14N2O7S/c1-21-9-2-4-10(5-3-9)24(19,20)16-7-6-12-11(8-16)13(15-23-12)22-14(17)18/h2-5H,6-8H2,1H3,(H,17,18). The van der Waals surface area contributed by atoms with Gasteiger partial charge in [0.2, 0.25) is 10.0 Å². The van der Waals surface area contributed by atoms with Crippen LogP contribution in [0.1, 0.15) is 11.3 Å². The monoisotopic (exact) mass is 354 g/mol. The third-order valence-electron chi connectivity index (χ3n) is 3.64. The highest BCUT2D eigenvalue weighted by atomic mass is 32.2. The number of fused-ring (bicyclic) bond motifs is 1. The molecule has 1 aliphatic rings. The second-order valence-corrected chi connectivity index (χ2v) is 6.96. The molecule has 1 aromatic heterocycles. The molecule has 1 aliphatic heterocycles. The predicted octanol–water partition coefficient (Wildman–Crippen LogP) is 1.49. The van der Waals surface area contributed by atoms with Gasteiger partial charge >= 0.3 is 6.16 Å². The molecule has 0 fully saturated rings. The first kappa shape index (κ1) is 16.3. The fourth-order valence-electron chi connectivity index (χ4n) is 2.42. The van der Waals surface area contributed by atoms with Gasteiger partial charge in [-0.2, -0.15) is 4.31 Å². The summed E-state index contributed by atoms with van der Waals surface area (Å²) in [6.45, 7) is 0.124. The van der Waals surface area contributed by atoms with Crippen molar-refractivity contribution in [3.05, 3.63) is 35.6 Å². The minimum absolute atomic E-state index is 0.0736. The Morgan fingerprint density at radius 1 is 1.33 bits per heavy atom. The predicted molar refractivity (Wildman–Crippen MR) is 79.4 cm³/mol. The van der Waals surface area contributed by atoms with Crippen molar-refractivity contribution >= 4 is 16.2 Å². The molecule has 10 heteroatoms. The van der Waals surface area contributed by atoms with Crippen molar-refractivity contribution < 1.29 is 32.3 Å². The van der Waals surface area contributed by atoms with E-state index < -0.39 is 16.2 Å². The molecule has 3 rings (SSSR count). The highest BCUT2D eigenvalue weighted by Gasteiger charge is 2.33. The van der Waals surface area contributed by atoms with E-state index in [0.717, 1.165) is 0 Å². The lowest BCUT2D eigenvalue weighted by Crippen LogP contribution is -2.35. The highest BCUT2D eigenvalue weighted by molar-refractivity contribution is 7.89. The van der Waals surface area contributed by atoms with Gasteiger partial charge < -0.3 is 19.1 Å². The largest absolute Gasteiger partial charge is 0.512 e. The topological polar surface area (TPSA) is 119 Å². The van der Waals surface area contributed by atoms with E-state index in [9.17, 15) is 13.2 Å². The van der Waals surface area contributed by atoms with E-state index in [2.05, 4.69) is 9.89 Å². The van der Waals surface area contributed by atoms with E-state index in [4.69, 9.17) is 14.4 Å². The third kappa shape index (κ3) is 2.93. The van der Waals surface area contributed by atoms with Crippen LogP contribution in [0.5, 0.6) is 11.6 Å². The van der Waals surface area contributed by atoms with Crippen LogP contribution in [-0.4, -0.2) is 42.8 Å². The summed E-state index contributed by atoms with van der Waals surface area (Å²) in [6, 6.07) is 6.01. The van der Waals surface area contributed by atoms with Gasteiger partial charge in [0.1, 0.15) is 11.5 Å². The van der Waals surface area contributed by atoms with Gasteiger partial charge in [0, 0.05) is 19.5 Å². The minimum atomic E-state index is -3.75. The van der Waals surface area contributed by atoms with Crippen LogP contribution in [0.15, 0.2) is 33.7 Å². The molecule has 24 heavy (non-hydrogen) atoms. The molecule has 0 bridgehead atoms. The van der Waals surface area contributed by atoms with Gasteiger partial charge in [-0.15, -0.1) is 0 Å². The van der Waals surface area contributed by atoms with Crippen molar-refractivity contribution in [3.8, 4) is 11.6 Å². The minimum Gasteiger partial charge on any atom is -0.497 e. The van der Waals surface area contributed by atoms with Gasteiger partial charge in [-0.3, -0.25) is 0 Å². The Morgan fingerprint density at radius 3 is 2.67 bits per heavy atom. The maximum Gasteiger partial charge on any atom is 0.512 e. The van der Waals surface area contributed by atoms with Crippen LogP contribution in [0.3, 0.4) is 0 Å². The fourth-order valence-corrected chi connectivity index (χ4v) is 3.83. The lowest BCUT2D eigenvalue weighted by atomic mass is 10.1. The van der Waals surface area contributed by atoms with Gasteiger partial charge in [0.25, 0.3) is 5.88 Å². The molecule has 0 saturated heterocycles.